The first-order valence-electron chi connectivity index (χ1n) is 9.26. The number of aliphatic hydroxyl groups excluding tert-OH is 1. The van der Waals surface area contributed by atoms with Crippen molar-refractivity contribution in [2.75, 3.05) is 13.2 Å². The lowest BCUT2D eigenvalue weighted by Gasteiger charge is -2.20. The second-order valence-corrected chi connectivity index (χ2v) is 6.72. The normalized spacial score (nSPS) is 13.5. The molecule has 0 aromatic heterocycles. The first-order chi connectivity index (χ1) is 12.7. The number of aliphatic hydroxyl groups is 1. The molecule has 0 aliphatic heterocycles. The Hall–Kier alpha value is -2.36. The summed E-state index contributed by atoms with van der Waals surface area (Å²) < 4.78 is 5.88. The average Bonchev–Trinajstić information content (AvgIpc) is 2.68. The van der Waals surface area contributed by atoms with Gasteiger partial charge in [0.25, 0.3) is 0 Å². The Morgan fingerprint density at radius 3 is 2.46 bits per heavy atom. The van der Waals surface area contributed by atoms with E-state index in [1.54, 1.807) is 0 Å². The first kappa shape index (κ1) is 18.4. The van der Waals surface area contributed by atoms with E-state index in [4.69, 9.17) is 4.74 Å². The van der Waals surface area contributed by atoms with Crippen molar-refractivity contribution in [2.45, 2.75) is 32.4 Å². The molecule has 136 valence electrons. The zero-order chi connectivity index (χ0) is 18.4. The van der Waals surface area contributed by atoms with Crippen LogP contribution in [0.15, 0.2) is 66.7 Å². The van der Waals surface area contributed by atoms with E-state index in [1.807, 2.05) is 30.3 Å². The third kappa shape index (κ3) is 4.63. The van der Waals surface area contributed by atoms with E-state index in [0.717, 1.165) is 22.9 Å². The molecule has 3 aromatic carbocycles. The highest BCUT2D eigenvalue weighted by Gasteiger charge is 2.12. The summed E-state index contributed by atoms with van der Waals surface area (Å²) in [7, 11) is 0. The summed E-state index contributed by atoms with van der Waals surface area (Å²) in [5.41, 5.74) is 2.51. The van der Waals surface area contributed by atoms with Gasteiger partial charge in [-0.1, -0.05) is 73.2 Å². The highest BCUT2D eigenvalue weighted by Crippen LogP contribution is 2.25. The summed E-state index contributed by atoms with van der Waals surface area (Å²) in [6.07, 6.45) is 0.411. The molecule has 3 rings (SSSR count). The second kappa shape index (κ2) is 8.84. The number of nitrogens with one attached hydrogen (secondary N) is 1. The van der Waals surface area contributed by atoms with Gasteiger partial charge < -0.3 is 15.2 Å². The summed E-state index contributed by atoms with van der Waals surface area (Å²) in [5, 5.41) is 16.0. The predicted octanol–water partition coefficient (Wildman–Crippen LogP) is 4.63. The lowest BCUT2D eigenvalue weighted by atomic mass is 10.0. The summed E-state index contributed by atoms with van der Waals surface area (Å²) in [5.74, 6) is 0.813. The van der Waals surface area contributed by atoms with Crippen LogP contribution in [-0.4, -0.2) is 24.4 Å². The maximum atomic E-state index is 10.3. The van der Waals surface area contributed by atoms with E-state index < -0.39 is 6.10 Å². The number of ether oxygens (including phenoxy) is 1. The first-order valence-corrected chi connectivity index (χ1v) is 9.26. The van der Waals surface area contributed by atoms with Gasteiger partial charge in [0.2, 0.25) is 0 Å². The van der Waals surface area contributed by atoms with Crippen LogP contribution in [0.25, 0.3) is 10.8 Å². The highest BCUT2D eigenvalue weighted by atomic mass is 16.5. The SMILES string of the molecule is CCC(NCC(O)COc1cccc2ccccc12)c1ccc(C)cc1. The highest BCUT2D eigenvalue weighted by molar-refractivity contribution is 5.88. The van der Waals surface area contributed by atoms with Gasteiger partial charge in [-0.25, -0.2) is 0 Å². The van der Waals surface area contributed by atoms with Crippen LogP contribution in [0.1, 0.15) is 30.5 Å². The third-order valence-electron chi connectivity index (χ3n) is 4.67. The molecule has 0 bridgehead atoms. The molecule has 0 fully saturated rings. The van der Waals surface area contributed by atoms with E-state index in [1.165, 1.54) is 11.1 Å². The summed E-state index contributed by atoms with van der Waals surface area (Å²) >= 11 is 0. The van der Waals surface area contributed by atoms with Crippen LogP contribution in [0.4, 0.5) is 0 Å². The Kier molecular flexibility index (Phi) is 6.26. The number of aryl methyl sites for hydroxylation is 1. The van der Waals surface area contributed by atoms with Gasteiger partial charge in [-0.2, -0.15) is 0 Å². The molecule has 2 atom stereocenters. The maximum absolute atomic E-state index is 10.3. The number of rotatable bonds is 8. The lowest BCUT2D eigenvalue weighted by Crippen LogP contribution is -2.33. The number of hydrogen-bond acceptors (Lipinski definition) is 3. The van der Waals surface area contributed by atoms with Crippen LogP contribution in [0, 0.1) is 6.92 Å². The fourth-order valence-electron chi connectivity index (χ4n) is 3.14. The summed E-state index contributed by atoms with van der Waals surface area (Å²) in [4.78, 5) is 0. The molecular weight excluding hydrogens is 322 g/mol. The Morgan fingerprint density at radius 1 is 0.962 bits per heavy atom. The fourth-order valence-corrected chi connectivity index (χ4v) is 3.14. The minimum Gasteiger partial charge on any atom is -0.490 e. The molecule has 26 heavy (non-hydrogen) atoms. The molecule has 0 saturated carbocycles. The largest absolute Gasteiger partial charge is 0.490 e. The monoisotopic (exact) mass is 349 g/mol. The standard InChI is InChI=1S/C23H27NO2/c1-3-22(19-13-11-17(2)12-14-19)24-15-20(25)16-26-23-10-6-8-18-7-4-5-9-21(18)23/h4-14,20,22,24-25H,3,15-16H2,1-2H3. The van der Waals surface area contributed by atoms with Crippen LogP contribution in [0.2, 0.25) is 0 Å². The van der Waals surface area contributed by atoms with Gasteiger partial charge in [-0.15, -0.1) is 0 Å². The molecule has 3 aromatic rings. The van der Waals surface area contributed by atoms with Crippen molar-refractivity contribution in [1.29, 1.82) is 0 Å². The number of hydrogen-bond donors (Lipinski definition) is 2. The van der Waals surface area contributed by atoms with Gasteiger partial charge in [-0.05, 0) is 30.4 Å². The Labute approximate surface area is 155 Å². The van der Waals surface area contributed by atoms with Crippen molar-refractivity contribution < 1.29 is 9.84 Å². The smallest absolute Gasteiger partial charge is 0.127 e. The molecular formula is C23H27NO2. The van der Waals surface area contributed by atoms with Gasteiger partial charge in [0.15, 0.2) is 0 Å². The molecule has 2 unspecified atom stereocenters. The quantitative estimate of drug-likeness (QED) is 0.623. The van der Waals surface area contributed by atoms with Crippen LogP contribution in [-0.2, 0) is 0 Å². The topological polar surface area (TPSA) is 41.5 Å². The molecule has 0 spiro atoms. The van der Waals surface area contributed by atoms with Crippen molar-refractivity contribution in [1.82, 2.24) is 5.32 Å². The molecule has 0 amide bonds. The molecule has 0 saturated heterocycles. The van der Waals surface area contributed by atoms with Crippen molar-refractivity contribution in [2.24, 2.45) is 0 Å². The van der Waals surface area contributed by atoms with Crippen molar-refractivity contribution >= 4 is 10.8 Å². The molecule has 0 heterocycles. The Bertz CT molecular complexity index is 824. The Balaban J connectivity index is 1.55. The van der Waals surface area contributed by atoms with E-state index in [-0.39, 0.29) is 12.6 Å². The lowest BCUT2D eigenvalue weighted by molar-refractivity contribution is 0.104. The van der Waals surface area contributed by atoms with E-state index in [2.05, 4.69) is 55.6 Å². The van der Waals surface area contributed by atoms with Crippen molar-refractivity contribution in [3.05, 3.63) is 77.9 Å². The number of fused-ring (bicyclic) bond motifs is 1. The molecule has 3 heteroatoms. The zero-order valence-electron chi connectivity index (χ0n) is 15.5. The van der Waals surface area contributed by atoms with Gasteiger partial charge in [0.05, 0.1) is 0 Å². The summed E-state index contributed by atoms with van der Waals surface area (Å²) in [6, 6.07) is 22.9. The third-order valence-corrected chi connectivity index (χ3v) is 4.67. The predicted molar refractivity (Wildman–Crippen MR) is 108 cm³/mol. The zero-order valence-corrected chi connectivity index (χ0v) is 15.5. The van der Waals surface area contributed by atoms with Gasteiger partial charge in [0, 0.05) is 18.0 Å². The molecule has 0 aliphatic carbocycles. The number of benzene rings is 3. The van der Waals surface area contributed by atoms with Crippen LogP contribution in [0.3, 0.4) is 0 Å². The van der Waals surface area contributed by atoms with Gasteiger partial charge in [-0.3, -0.25) is 0 Å². The van der Waals surface area contributed by atoms with Gasteiger partial charge >= 0.3 is 0 Å². The minimum absolute atomic E-state index is 0.239. The van der Waals surface area contributed by atoms with Crippen molar-refractivity contribution in [3.8, 4) is 5.75 Å². The minimum atomic E-state index is -0.562. The van der Waals surface area contributed by atoms with Crippen LogP contribution in [0.5, 0.6) is 5.75 Å². The fraction of sp³-hybridized carbons (Fsp3) is 0.304. The molecule has 2 N–H and O–H groups in total. The van der Waals surface area contributed by atoms with Gasteiger partial charge in [0.1, 0.15) is 18.5 Å². The maximum Gasteiger partial charge on any atom is 0.127 e. The van der Waals surface area contributed by atoms with Crippen LogP contribution < -0.4 is 10.1 Å². The van der Waals surface area contributed by atoms with Crippen LogP contribution >= 0.6 is 0 Å². The van der Waals surface area contributed by atoms with E-state index >= 15 is 0 Å². The van der Waals surface area contributed by atoms with Crippen molar-refractivity contribution in [3.63, 3.8) is 0 Å². The second-order valence-electron chi connectivity index (χ2n) is 6.72. The molecule has 0 radical (unpaired) electrons. The molecule has 3 nitrogen and oxygen atoms in total. The average molecular weight is 349 g/mol. The van der Waals surface area contributed by atoms with E-state index in [9.17, 15) is 5.11 Å². The molecule has 0 aliphatic rings. The summed E-state index contributed by atoms with van der Waals surface area (Å²) in [6.45, 7) is 5.01. The Morgan fingerprint density at radius 2 is 1.69 bits per heavy atom. The van der Waals surface area contributed by atoms with E-state index in [0.29, 0.717) is 6.54 Å².